The van der Waals surface area contributed by atoms with E-state index in [0.717, 1.165) is 4.47 Å². The largest absolute Gasteiger partial charge is 0.383 e. The van der Waals surface area contributed by atoms with Crippen LogP contribution in [0.2, 0.25) is 5.02 Å². The van der Waals surface area contributed by atoms with Gasteiger partial charge < -0.3 is 5.73 Å². The van der Waals surface area contributed by atoms with Gasteiger partial charge in [0.15, 0.2) is 11.6 Å². The van der Waals surface area contributed by atoms with Gasteiger partial charge in [0, 0.05) is 9.86 Å². The average molecular weight is 353 g/mol. The first kappa shape index (κ1) is 13.3. The van der Waals surface area contributed by atoms with E-state index in [2.05, 4.69) is 25.9 Å². The van der Waals surface area contributed by atoms with Crippen molar-refractivity contribution in [1.82, 2.24) is 9.97 Å². The topological polar surface area (TPSA) is 51.8 Å². The molecule has 0 atom stereocenters. The molecule has 20 heavy (non-hydrogen) atoms. The Balaban J connectivity index is 2.28. The van der Waals surface area contributed by atoms with Gasteiger partial charge in [-0.2, -0.15) is 0 Å². The quantitative estimate of drug-likeness (QED) is 0.704. The maximum absolute atomic E-state index is 14.0. The lowest BCUT2D eigenvalue weighted by Crippen LogP contribution is -1.99. The zero-order chi connectivity index (χ0) is 14.3. The lowest BCUT2D eigenvalue weighted by atomic mass is 10.1. The molecule has 0 saturated carbocycles. The van der Waals surface area contributed by atoms with Crippen LogP contribution < -0.4 is 5.73 Å². The molecule has 0 aliphatic rings. The van der Waals surface area contributed by atoms with Crippen LogP contribution in [0.4, 0.5) is 10.2 Å². The fourth-order valence-electron chi connectivity index (χ4n) is 1.92. The van der Waals surface area contributed by atoms with Gasteiger partial charge in [-0.3, -0.25) is 0 Å². The van der Waals surface area contributed by atoms with Crippen molar-refractivity contribution >= 4 is 44.3 Å². The molecule has 0 aliphatic carbocycles. The van der Waals surface area contributed by atoms with E-state index in [9.17, 15) is 4.39 Å². The second kappa shape index (κ2) is 5.00. The number of hydrogen-bond donors (Lipinski definition) is 1. The number of rotatable bonds is 1. The number of halogens is 3. The average Bonchev–Trinajstić information content (AvgIpc) is 2.42. The van der Waals surface area contributed by atoms with Gasteiger partial charge in [-0.15, -0.1) is 0 Å². The number of anilines is 1. The van der Waals surface area contributed by atoms with Gasteiger partial charge in [0.05, 0.1) is 16.1 Å². The van der Waals surface area contributed by atoms with Crippen LogP contribution in [0.3, 0.4) is 0 Å². The van der Waals surface area contributed by atoms with E-state index >= 15 is 0 Å². The van der Waals surface area contributed by atoms with Crippen LogP contribution >= 0.6 is 27.5 Å². The Labute approximate surface area is 127 Å². The number of nitrogen functional groups attached to an aromatic ring is 1. The number of nitrogens with two attached hydrogens (primary N) is 1. The number of hydrogen-bond acceptors (Lipinski definition) is 3. The first-order valence-electron chi connectivity index (χ1n) is 5.73. The Morgan fingerprint density at radius 2 is 1.95 bits per heavy atom. The molecule has 0 aliphatic heterocycles. The first-order chi connectivity index (χ1) is 9.56. The van der Waals surface area contributed by atoms with Crippen LogP contribution in [0.25, 0.3) is 22.3 Å². The highest BCUT2D eigenvalue weighted by Crippen LogP contribution is 2.29. The summed E-state index contributed by atoms with van der Waals surface area (Å²) in [6, 6.07) is 10.1. The molecule has 0 amide bonds. The van der Waals surface area contributed by atoms with Crippen LogP contribution in [0.15, 0.2) is 40.9 Å². The van der Waals surface area contributed by atoms with Gasteiger partial charge in [0.2, 0.25) is 0 Å². The van der Waals surface area contributed by atoms with Crippen molar-refractivity contribution in [3.63, 3.8) is 0 Å². The Kier molecular flexibility index (Phi) is 3.31. The molecule has 3 nitrogen and oxygen atoms in total. The van der Waals surface area contributed by atoms with Gasteiger partial charge in [-0.1, -0.05) is 33.6 Å². The summed E-state index contributed by atoms with van der Waals surface area (Å²) in [6.45, 7) is 0. The second-order valence-corrected chi connectivity index (χ2v) is 5.52. The standard InChI is InChI=1S/C14H8BrClFN3/c15-7-4-5-11-9(6-7)13(18)20-14(19-11)8-2-1-3-10(16)12(8)17/h1-6H,(H2,18,19,20). The monoisotopic (exact) mass is 351 g/mol. The molecular weight excluding hydrogens is 345 g/mol. The zero-order valence-electron chi connectivity index (χ0n) is 10.1. The van der Waals surface area contributed by atoms with Crippen molar-refractivity contribution in [2.45, 2.75) is 0 Å². The molecule has 3 aromatic rings. The molecule has 1 aromatic heterocycles. The van der Waals surface area contributed by atoms with Crippen molar-refractivity contribution in [3.05, 3.63) is 51.7 Å². The predicted molar refractivity (Wildman–Crippen MR) is 82.1 cm³/mol. The highest BCUT2D eigenvalue weighted by molar-refractivity contribution is 9.10. The summed E-state index contributed by atoms with van der Waals surface area (Å²) in [6.07, 6.45) is 0. The van der Waals surface area contributed by atoms with Gasteiger partial charge in [-0.05, 0) is 30.3 Å². The molecule has 1 heterocycles. The fraction of sp³-hybridized carbons (Fsp3) is 0. The Hall–Kier alpha value is -1.72. The molecule has 2 N–H and O–H groups in total. The van der Waals surface area contributed by atoms with Crippen molar-refractivity contribution in [3.8, 4) is 11.4 Å². The van der Waals surface area contributed by atoms with Crippen LogP contribution in [-0.2, 0) is 0 Å². The normalized spacial score (nSPS) is 10.9. The molecule has 6 heteroatoms. The summed E-state index contributed by atoms with van der Waals surface area (Å²) in [5.41, 5.74) is 6.80. The van der Waals surface area contributed by atoms with E-state index in [4.69, 9.17) is 17.3 Å². The van der Waals surface area contributed by atoms with Crippen molar-refractivity contribution in [2.75, 3.05) is 5.73 Å². The molecule has 0 saturated heterocycles. The van der Waals surface area contributed by atoms with Gasteiger partial charge in [0.1, 0.15) is 5.82 Å². The molecule has 0 unspecified atom stereocenters. The highest BCUT2D eigenvalue weighted by Gasteiger charge is 2.13. The van der Waals surface area contributed by atoms with Crippen LogP contribution in [-0.4, -0.2) is 9.97 Å². The lowest BCUT2D eigenvalue weighted by Gasteiger charge is -2.07. The van der Waals surface area contributed by atoms with E-state index in [1.54, 1.807) is 18.2 Å². The van der Waals surface area contributed by atoms with Crippen LogP contribution in [0.1, 0.15) is 0 Å². The summed E-state index contributed by atoms with van der Waals surface area (Å²) in [4.78, 5) is 8.50. The molecule has 3 rings (SSSR count). The van der Waals surface area contributed by atoms with E-state index in [0.29, 0.717) is 16.7 Å². The molecule has 0 bridgehead atoms. The van der Waals surface area contributed by atoms with E-state index < -0.39 is 5.82 Å². The first-order valence-corrected chi connectivity index (χ1v) is 6.90. The van der Waals surface area contributed by atoms with Crippen molar-refractivity contribution in [2.24, 2.45) is 0 Å². The van der Waals surface area contributed by atoms with E-state index in [-0.39, 0.29) is 16.4 Å². The van der Waals surface area contributed by atoms with E-state index in [1.165, 1.54) is 6.07 Å². The van der Waals surface area contributed by atoms with E-state index in [1.807, 2.05) is 12.1 Å². The van der Waals surface area contributed by atoms with Crippen LogP contribution in [0.5, 0.6) is 0 Å². The summed E-state index contributed by atoms with van der Waals surface area (Å²) in [5, 5.41) is 0.742. The Bertz CT molecular complexity index is 823. The SMILES string of the molecule is Nc1nc(-c2cccc(Cl)c2F)nc2ccc(Br)cc12. The molecule has 0 radical (unpaired) electrons. The Morgan fingerprint density at radius 1 is 1.15 bits per heavy atom. The molecule has 0 fully saturated rings. The molecule has 100 valence electrons. The smallest absolute Gasteiger partial charge is 0.165 e. The number of aromatic nitrogens is 2. The number of benzene rings is 2. The molecule has 2 aromatic carbocycles. The second-order valence-electron chi connectivity index (χ2n) is 4.20. The minimum Gasteiger partial charge on any atom is -0.383 e. The fourth-order valence-corrected chi connectivity index (χ4v) is 2.46. The lowest BCUT2D eigenvalue weighted by molar-refractivity contribution is 0.630. The minimum absolute atomic E-state index is 0.0283. The van der Waals surface area contributed by atoms with Gasteiger partial charge in [-0.25, -0.2) is 14.4 Å². The molecular formula is C14H8BrClFN3. The third-order valence-corrected chi connectivity index (χ3v) is 3.66. The summed E-state index contributed by atoms with van der Waals surface area (Å²) in [7, 11) is 0. The predicted octanol–water partition coefficient (Wildman–Crippen LogP) is 4.43. The Morgan fingerprint density at radius 3 is 2.75 bits per heavy atom. The number of fused-ring (bicyclic) bond motifs is 1. The van der Waals surface area contributed by atoms with Gasteiger partial charge in [0.25, 0.3) is 0 Å². The number of nitrogens with zero attached hydrogens (tertiary/aromatic N) is 2. The molecule has 0 spiro atoms. The summed E-state index contributed by atoms with van der Waals surface area (Å²) in [5.74, 6) is -0.0342. The summed E-state index contributed by atoms with van der Waals surface area (Å²) >= 11 is 9.14. The van der Waals surface area contributed by atoms with Gasteiger partial charge >= 0.3 is 0 Å². The zero-order valence-corrected chi connectivity index (χ0v) is 12.4. The maximum atomic E-state index is 14.0. The summed E-state index contributed by atoms with van der Waals surface area (Å²) < 4.78 is 14.9. The van der Waals surface area contributed by atoms with Crippen LogP contribution in [0, 0.1) is 5.82 Å². The maximum Gasteiger partial charge on any atom is 0.165 e. The third kappa shape index (κ3) is 2.23. The highest BCUT2D eigenvalue weighted by atomic mass is 79.9. The minimum atomic E-state index is -0.551. The van der Waals surface area contributed by atoms with Crippen molar-refractivity contribution < 1.29 is 4.39 Å². The third-order valence-electron chi connectivity index (χ3n) is 2.88. The van der Waals surface area contributed by atoms with Crippen molar-refractivity contribution in [1.29, 1.82) is 0 Å².